The van der Waals surface area contributed by atoms with Crippen LogP contribution in [-0.4, -0.2) is 42.9 Å². The Morgan fingerprint density at radius 2 is 1.92 bits per heavy atom. The quantitative estimate of drug-likeness (QED) is 0.764. The van der Waals surface area contributed by atoms with Crippen LogP contribution in [0.4, 0.5) is 5.82 Å². The lowest BCUT2D eigenvalue weighted by Crippen LogP contribution is -2.44. The average Bonchev–Trinajstić information content (AvgIpc) is 3.02. The molecule has 3 aromatic rings. The minimum atomic E-state index is -0.951. The number of benzene rings is 1. The number of aromatic nitrogens is 5. The van der Waals surface area contributed by atoms with Gasteiger partial charge in [-0.05, 0) is 18.2 Å². The second kappa shape index (κ2) is 5.68. The van der Waals surface area contributed by atoms with Crippen LogP contribution in [0.1, 0.15) is 18.7 Å². The molecule has 0 aliphatic carbocycles. The Labute approximate surface area is 143 Å². The third kappa shape index (κ3) is 2.50. The minimum Gasteiger partial charge on any atom is -0.382 e. The van der Waals surface area contributed by atoms with Gasteiger partial charge in [-0.1, -0.05) is 11.6 Å². The number of aliphatic hydroxyl groups is 1. The summed E-state index contributed by atoms with van der Waals surface area (Å²) in [5.74, 6) is 1.48. The van der Waals surface area contributed by atoms with E-state index in [4.69, 9.17) is 11.6 Å². The summed E-state index contributed by atoms with van der Waals surface area (Å²) >= 11 is 6.04. The minimum absolute atomic E-state index is 0.568. The van der Waals surface area contributed by atoms with Crippen LogP contribution < -0.4 is 4.90 Å². The van der Waals surface area contributed by atoms with Crippen LogP contribution in [0.15, 0.2) is 30.9 Å². The number of aryl methyl sites for hydroxylation is 1. The number of fused-ring (bicyclic) bond motifs is 1. The molecule has 1 saturated heterocycles. The van der Waals surface area contributed by atoms with Gasteiger partial charge in [-0.2, -0.15) is 5.10 Å². The number of anilines is 1. The summed E-state index contributed by atoms with van der Waals surface area (Å²) in [5, 5.41) is 16.6. The lowest BCUT2D eigenvalue weighted by molar-refractivity contribution is -0.000136. The van der Waals surface area contributed by atoms with Crippen LogP contribution in [0.5, 0.6) is 0 Å². The normalized spacial score (nSPS) is 17.4. The van der Waals surface area contributed by atoms with E-state index in [0.29, 0.717) is 36.8 Å². The van der Waals surface area contributed by atoms with Crippen molar-refractivity contribution in [3.05, 3.63) is 41.7 Å². The van der Waals surface area contributed by atoms with E-state index in [2.05, 4.69) is 25.0 Å². The monoisotopic (exact) mass is 344 g/mol. The number of rotatable bonds is 2. The molecule has 124 valence electrons. The Morgan fingerprint density at radius 3 is 2.62 bits per heavy atom. The van der Waals surface area contributed by atoms with Gasteiger partial charge in [0.1, 0.15) is 24.1 Å². The van der Waals surface area contributed by atoms with Gasteiger partial charge in [-0.25, -0.2) is 15.0 Å². The van der Waals surface area contributed by atoms with Crippen molar-refractivity contribution in [2.24, 2.45) is 7.05 Å². The van der Waals surface area contributed by atoms with Crippen molar-refractivity contribution < 1.29 is 5.11 Å². The molecule has 8 heteroatoms. The first-order chi connectivity index (χ1) is 11.6. The molecule has 1 fully saturated rings. The highest BCUT2D eigenvalue weighted by atomic mass is 35.5. The molecule has 0 radical (unpaired) electrons. The smallest absolute Gasteiger partial charge is 0.158 e. The fourth-order valence-electron chi connectivity index (χ4n) is 3.30. The maximum absolute atomic E-state index is 10.9. The van der Waals surface area contributed by atoms with Crippen molar-refractivity contribution >= 4 is 28.3 Å². The number of hydrogen-bond acceptors (Lipinski definition) is 6. The van der Waals surface area contributed by atoms with Gasteiger partial charge in [0.15, 0.2) is 5.82 Å². The van der Waals surface area contributed by atoms with E-state index >= 15 is 0 Å². The van der Waals surface area contributed by atoms with Crippen LogP contribution in [0.25, 0.3) is 10.9 Å². The molecule has 0 atom stereocenters. The van der Waals surface area contributed by atoms with Crippen LogP contribution in [-0.2, 0) is 12.6 Å². The van der Waals surface area contributed by atoms with E-state index in [9.17, 15) is 5.11 Å². The lowest BCUT2D eigenvalue weighted by Gasteiger charge is -2.38. The molecule has 1 aliphatic rings. The highest BCUT2D eigenvalue weighted by Crippen LogP contribution is 2.34. The summed E-state index contributed by atoms with van der Waals surface area (Å²) in [5.41, 5.74) is -0.130. The van der Waals surface area contributed by atoms with Gasteiger partial charge < -0.3 is 10.0 Å². The van der Waals surface area contributed by atoms with Crippen molar-refractivity contribution in [1.29, 1.82) is 0 Å². The molecular weight excluding hydrogens is 328 g/mol. The van der Waals surface area contributed by atoms with Crippen LogP contribution in [0.3, 0.4) is 0 Å². The van der Waals surface area contributed by atoms with Crippen molar-refractivity contribution in [2.45, 2.75) is 18.4 Å². The first-order valence-corrected chi connectivity index (χ1v) is 8.17. The zero-order valence-electron chi connectivity index (χ0n) is 13.2. The van der Waals surface area contributed by atoms with Gasteiger partial charge >= 0.3 is 0 Å². The second-order valence-electron chi connectivity index (χ2n) is 6.08. The molecule has 3 heterocycles. The SMILES string of the molecule is Cn1ncnc1C1(O)CCN(c2ncnc3cc(Cl)ccc23)CC1. The maximum Gasteiger partial charge on any atom is 0.158 e. The molecule has 24 heavy (non-hydrogen) atoms. The lowest BCUT2D eigenvalue weighted by atomic mass is 9.90. The van der Waals surface area contributed by atoms with Gasteiger partial charge in [-0.3, -0.25) is 4.68 Å². The van der Waals surface area contributed by atoms with Crippen LogP contribution in [0, 0.1) is 0 Å². The number of nitrogens with zero attached hydrogens (tertiary/aromatic N) is 6. The van der Waals surface area contributed by atoms with E-state index in [1.165, 1.54) is 6.33 Å². The first-order valence-electron chi connectivity index (χ1n) is 7.79. The van der Waals surface area contributed by atoms with Crippen LogP contribution in [0.2, 0.25) is 5.02 Å². The Kier molecular flexibility index (Phi) is 3.62. The fraction of sp³-hybridized carbons (Fsp3) is 0.375. The zero-order chi connectivity index (χ0) is 16.7. The molecule has 7 nitrogen and oxygen atoms in total. The molecule has 0 unspecified atom stereocenters. The van der Waals surface area contributed by atoms with Crippen molar-refractivity contribution in [1.82, 2.24) is 24.7 Å². The summed E-state index contributed by atoms with van der Waals surface area (Å²) in [7, 11) is 1.80. The summed E-state index contributed by atoms with van der Waals surface area (Å²) < 4.78 is 1.64. The molecule has 0 saturated carbocycles. The predicted molar refractivity (Wildman–Crippen MR) is 90.9 cm³/mol. The summed E-state index contributed by atoms with van der Waals surface area (Å²) in [6.45, 7) is 1.36. The van der Waals surface area contributed by atoms with Gasteiger partial charge in [-0.15, -0.1) is 0 Å². The molecule has 0 amide bonds. The van der Waals surface area contributed by atoms with Crippen LogP contribution >= 0.6 is 11.6 Å². The zero-order valence-corrected chi connectivity index (χ0v) is 14.0. The third-order valence-electron chi connectivity index (χ3n) is 4.60. The molecule has 4 rings (SSSR count). The Morgan fingerprint density at radius 1 is 1.12 bits per heavy atom. The fourth-order valence-corrected chi connectivity index (χ4v) is 3.46. The molecule has 0 spiro atoms. The summed E-state index contributed by atoms with van der Waals surface area (Å²) in [6, 6.07) is 5.62. The largest absolute Gasteiger partial charge is 0.382 e. The maximum atomic E-state index is 10.9. The van der Waals surface area contributed by atoms with E-state index in [-0.39, 0.29) is 0 Å². The molecule has 0 bridgehead atoms. The predicted octanol–water partition coefficient (Wildman–Crippen LogP) is 1.90. The number of hydrogen-bond donors (Lipinski definition) is 1. The summed E-state index contributed by atoms with van der Waals surface area (Å²) in [4.78, 5) is 15.1. The van der Waals surface area contributed by atoms with Gasteiger partial charge in [0, 0.05) is 43.4 Å². The molecular formula is C16H17ClN6O. The van der Waals surface area contributed by atoms with E-state index < -0.39 is 5.60 Å². The highest BCUT2D eigenvalue weighted by molar-refractivity contribution is 6.31. The van der Waals surface area contributed by atoms with E-state index in [1.807, 2.05) is 18.2 Å². The molecule has 1 aliphatic heterocycles. The van der Waals surface area contributed by atoms with Crippen molar-refractivity contribution in [2.75, 3.05) is 18.0 Å². The first kappa shape index (κ1) is 15.3. The van der Waals surface area contributed by atoms with Crippen molar-refractivity contribution in [3.63, 3.8) is 0 Å². The molecule has 1 aromatic carbocycles. The second-order valence-corrected chi connectivity index (χ2v) is 6.52. The topological polar surface area (TPSA) is 80.0 Å². The van der Waals surface area contributed by atoms with Gasteiger partial charge in [0.25, 0.3) is 0 Å². The average molecular weight is 345 g/mol. The standard InChI is InChI=1S/C16H17ClN6O/c1-22-15(20-10-21-22)16(24)4-6-23(7-5-16)14-12-3-2-11(17)8-13(12)18-9-19-14/h2-3,8-10,24H,4-7H2,1H3. The number of piperidine rings is 1. The Balaban J connectivity index is 1.62. The van der Waals surface area contributed by atoms with E-state index in [1.54, 1.807) is 18.1 Å². The van der Waals surface area contributed by atoms with Crippen molar-refractivity contribution in [3.8, 4) is 0 Å². The van der Waals surface area contributed by atoms with E-state index in [0.717, 1.165) is 16.7 Å². The summed E-state index contributed by atoms with van der Waals surface area (Å²) in [6.07, 6.45) is 4.16. The third-order valence-corrected chi connectivity index (χ3v) is 4.83. The molecule has 1 N–H and O–H groups in total. The highest BCUT2D eigenvalue weighted by Gasteiger charge is 2.38. The van der Waals surface area contributed by atoms with Gasteiger partial charge in [0.05, 0.1) is 5.52 Å². The Bertz CT molecular complexity index is 887. The molecule has 2 aromatic heterocycles. The number of halogens is 1. The Hall–Kier alpha value is -2.25. The van der Waals surface area contributed by atoms with Gasteiger partial charge in [0.2, 0.25) is 0 Å².